The van der Waals surface area contributed by atoms with E-state index in [1.54, 1.807) is 21.8 Å². The summed E-state index contributed by atoms with van der Waals surface area (Å²) in [7, 11) is 0. The number of halogens is 6. The van der Waals surface area contributed by atoms with Gasteiger partial charge in [0, 0.05) is 51.2 Å². The second kappa shape index (κ2) is 11.7. The van der Waals surface area contributed by atoms with E-state index in [0.29, 0.717) is 32.6 Å². The number of anilines is 2. The van der Waals surface area contributed by atoms with Crippen LogP contribution in [0.25, 0.3) is 0 Å². The summed E-state index contributed by atoms with van der Waals surface area (Å²) in [6.45, 7) is 3.30. The van der Waals surface area contributed by atoms with Crippen molar-refractivity contribution in [1.29, 1.82) is 0 Å². The number of hydrogen-bond acceptors (Lipinski definition) is 8. The molecule has 204 valence electrons. The molecular weight excluding hydrogens is 512 g/mol. The average molecular weight is 537 g/mol. The number of ether oxygens (including phenoxy) is 1. The molecule has 0 unspecified atom stereocenters. The van der Waals surface area contributed by atoms with Crippen LogP contribution in [0, 0.1) is 0 Å². The smallest absolute Gasteiger partial charge is 0.381 e. The lowest BCUT2D eigenvalue weighted by atomic mass is 10.2. The number of carbonyl (C=O) groups is 1. The van der Waals surface area contributed by atoms with Crippen molar-refractivity contribution in [2.75, 3.05) is 49.6 Å². The predicted molar refractivity (Wildman–Crippen MR) is 119 cm³/mol. The zero-order valence-electron chi connectivity index (χ0n) is 19.7. The molecule has 1 aliphatic rings. The van der Waals surface area contributed by atoms with Gasteiger partial charge in [0.15, 0.2) is 0 Å². The molecule has 16 heteroatoms. The third kappa shape index (κ3) is 7.77. The molecule has 1 saturated heterocycles. The molecule has 1 fully saturated rings. The Balaban J connectivity index is 1.36. The first-order chi connectivity index (χ1) is 17.4. The third-order valence-corrected chi connectivity index (χ3v) is 5.58. The monoisotopic (exact) mass is 537 g/mol. The Hall–Kier alpha value is -3.43. The van der Waals surface area contributed by atoms with Crippen molar-refractivity contribution in [3.05, 3.63) is 40.1 Å². The highest BCUT2D eigenvalue weighted by molar-refractivity contribution is 5.76. The molecule has 3 heterocycles. The number of amides is 1. The number of carbonyl (C=O) groups excluding carboxylic acids is 1. The fourth-order valence-electron chi connectivity index (χ4n) is 3.59. The van der Waals surface area contributed by atoms with Gasteiger partial charge in [-0.25, -0.2) is 15.1 Å². The van der Waals surface area contributed by atoms with Gasteiger partial charge in [0.1, 0.15) is 5.56 Å². The number of hydrogen-bond donors (Lipinski definition) is 2. The van der Waals surface area contributed by atoms with E-state index in [4.69, 9.17) is 4.74 Å². The van der Waals surface area contributed by atoms with Crippen LogP contribution in [0.3, 0.4) is 0 Å². The first kappa shape index (κ1) is 28.1. The van der Waals surface area contributed by atoms with Crippen molar-refractivity contribution in [3.8, 4) is 0 Å². The molecule has 2 N–H and O–H groups in total. The Labute approximate surface area is 207 Å². The summed E-state index contributed by atoms with van der Waals surface area (Å²) < 4.78 is 82.7. The maximum absolute atomic E-state index is 13.1. The third-order valence-electron chi connectivity index (χ3n) is 5.58. The van der Waals surface area contributed by atoms with E-state index in [1.165, 1.54) is 0 Å². The highest BCUT2D eigenvalue weighted by Crippen LogP contribution is 2.32. The lowest BCUT2D eigenvalue weighted by molar-refractivity contribution is -0.139. The first-order valence-electron chi connectivity index (χ1n) is 11.3. The van der Waals surface area contributed by atoms with Gasteiger partial charge in [-0.2, -0.15) is 31.4 Å². The fourth-order valence-corrected chi connectivity index (χ4v) is 3.59. The van der Waals surface area contributed by atoms with Crippen molar-refractivity contribution in [2.24, 2.45) is 0 Å². The molecule has 3 rings (SSSR count). The zero-order chi connectivity index (χ0) is 27.2. The average Bonchev–Trinajstić information content (AvgIpc) is 2.82. The Morgan fingerprint density at radius 2 is 1.70 bits per heavy atom. The summed E-state index contributed by atoms with van der Waals surface area (Å²) in [5.41, 5.74) is -4.06. The van der Waals surface area contributed by atoms with Gasteiger partial charge in [-0.3, -0.25) is 9.59 Å². The summed E-state index contributed by atoms with van der Waals surface area (Å²) in [4.78, 5) is 34.7. The standard InChI is InChI=1S/C21H25F6N7O3/c1-13(31-15-12-30-32-18(36)17(15)21(25,26)27)2-8-37-9-3-16(35)33-4-6-34(7-5-33)19-28-10-14(11-29-19)20(22,23)24/h10-13H,2-9H2,1H3,(H2,31,32,36)/t13-/m0/s1. The zero-order valence-corrected chi connectivity index (χ0v) is 19.7. The molecule has 0 aliphatic carbocycles. The Morgan fingerprint density at radius 3 is 2.30 bits per heavy atom. The van der Waals surface area contributed by atoms with Crippen LogP contribution in [0.5, 0.6) is 0 Å². The fraction of sp³-hybridized carbons (Fsp3) is 0.571. The Bertz CT molecular complexity index is 1100. The van der Waals surface area contributed by atoms with Gasteiger partial charge >= 0.3 is 12.4 Å². The van der Waals surface area contributed by atoms with E-state index in [1.807, 2.05) is 0 Å². The summed E-state index contributed by atoms with van der Waals surface area (Å²) in [5.74, 6) is -0.00651. The number of nitrogens with zero attached hydrogens (tertiary/aromatic N) is 5. The van der Waals surface area contributed by atoms with Gasteiger partial charge in [0.2, 0.25) is 11.9 Å². The molecule has 37 heavy (non-hydrogen) atoms. The van der Waals surface area contributed by atoms with Crippen molar-refractivity contribution in [1.82, 2.24) is 25.1 Å². The summed E-state index contributed by atoms with van der Waals surface area (Å²) >= 11 is 0. The van der Waals surface area contributed by atoms with Crippen LogP contribution >= 0.6 is 0 Å². The van der Waals surface area contributed by atoms with E-state index in [-0.39, 0.29) is 31.5 Å². The van der Waals surface area contributed by atoms with Gasteiger partial charge in [-0.1, -0.05) is 0 Å². The molecule has 0 radical (unpaired) electrons. The molecule has 10 nitrogen and oxygen atoms in total. The molecule has 2 aromatic heterocycles. The van der Waals surface area contributed by atoms with Crippen LogP contribution in [-0.4, -0.2) is 76.4 Å². The van der Waals surface area contributed by atoms with Gasteiger partial charge in [0.25, 0.3) is 5.56 Å². The van der Waals surface area contributed by atoms with E-state index in [0.717, 1.165) is 18.6 Å². The van der Waals surface area contributed by atoms with Crippen molar-refractivity contribution in [2.45, 2.75) is 38.2 Å². The van der Waals surface area contributed by atoms with E-state index in [9.17, 15) is 35.9 Å². The molecule has 0 aromatic carbocycles. The lowest BCUT2D eigenvalue weighted by Crippen LogP contribution is -2.49. The molecule has 1 amide bonds. The molecular formula is C21H25F6N7O3. The molecule has 0 bridgehead atoms. The highest BCUT2D eigenvalue weighted by Gasteiger charge is 2.37. The molecule has 0 saturated carbocycles. The SMILES string of the molecule is C[C@@H](CCOCCC(=O)N1CCN(c2ncc(C(F)(F)F)cn2)CC1)Nc1cn[nH]c(=O)c1C(F)(F)F. The number of nitrogens with one attached hydrogen (secondary N) is 2. The topological polar surface area (TPSA) is 116 Å². The minimum Gasteiger partial charge on any atom is -0.381 e. The largest absolute Gasteiger partial charge is 0.423 e. The summed E-state index contributed by atoms with van der Waals surface area (Å²) in [6.07, 6.45) is -6.62. The van der Waals surface area contributed by atoms with Gasteiger partial charge in [-0.05, 0) is 13.3 Å². The number of H-pyrrole nitrogens is 1. The maximum Gasteiger partial charge on any atom is 0.423 e. The van der Waals surface area contributed by atoms with Gasteiger partial charge < -0.3 is 19.9 Å². The second-order valence-electron chi connectivity index (χ2n) is 8.32. The number of rotatable bonds is 9. The van der Waals surface area contributed by atoms with Crippen LogP contribution in [0.1, 0.15) is 30.9 Å². The molecule has 2 aromatic rings. The van der Waals surface area contributed by atoms with E-state index >= 15 is 0 Å². The predicted octanol–water partition coefficient (Wildman–Crippen LogP) is 2.54. The minimum atomic E-state index is -4.84. The Kier molecular flexibility index (Phi) is 8.94. The van der Waals surface area contributed by atoms with Gasteiger partial charge in [0.05, 0.1) is 30.5 Å². The number of aromatic amines is 1. The van der Waals surface area contributed by atoms with Crippen LogP contribution in [0.15, 0.2) is 23.4 Å². The van der Waals surface area contributed by atoms with Crippen LogP contribution < -0.4 is 15.8 Å². The quantitative estimate of drug-likeness (QED) is 0.371. The van der Waals surface area contributed by atoms with Gasteiger partial charge in [-0.15, -0.1) is 0 Å². The van der Waals surface area contributed by atoms with Crippen molar-refractivity contribution >= 4 is 17.5 Å². The van der Waals surface area contributed by atoms with Crippen LogP contribution in [0.4, 0.5) is 38.0 Å². The molecule has 0 spiro atoms. The Morgan fingerprint density at radius 1 is 1.05 bits per heavy atom. The summed E-state index contributed by atoms with van der Waals surface area (Å²) in [5, 5.41) is 7.77. The number of aromatic nitrogens is 4. The van der Waals surface area contributed by atoms with Crippen molar-refractivity contribution in [3.63, 3.8) is 0 Å². The summed E-state index contributed by atoms with van der Waals surface area (Å²) in [6, 6.07) is -0.471. The van der Waals surface area contributed by atoms with Crippen molar-refractivity contribution < 1.29 is 35.9 Å². The van der Waals surface area contributed by atoms with Crippen LogP contribution in [0.2, 0.25) is 0 Å². The normalized spacial score (nSPS) is 15.5. The molecule has 1 atom stereocenters. The first-order valence-corrected chi connectivity index (χ1v) is 11.3. The second-order valence-corrected chi connectivity index (χ2v) is 8.32. The maximum atomic E-state index is 13.1. The lowest BCUT2D eigenvalue weighted by Gasteiger charge is -2.34. The number of alkyl halides is 6. The number of piperazine rings is 1. The molecule has 1 aliphatic heterocycles. The van der Waals surface area contributed by atoms with E-state index < -0.39 is 40.8 Å². The van der Waals surface area contributed by atoms with E-state index in [2.05, 4.69) is 20.4 Å². The minimum absolute atomic E-state index is 0.0921. The highest BCUT2D eigenvalue weighted by atomic mass is 19.4. The van der Waals surface area contributed by atoms with Crippen LogP contribution in [-0.2, 0) is 21.9 Å².